The quantitative estimate of drug-likeness (QED) is 0.508. The molecule has 0 atom stereocenters. The first-order chi connectivity index (χ1) is 5.18. The zero-order valence-electron chi connectivity index (χ0n) is 6.16. The summed E-state index contributed by atoms with van der Waals surface area (Å²) in [5, 5.41) is 2.66. The van der Waals surface area contributed by atoms with Crippen molar-refractivity contribution in [3.63, 3.8) is 0 Å². The van der Waals surface area contributed by atoms with E-state index in [1.807, 2.05) is 24.3 Å². The molecule has 1 N–H and O–H groups in total. The molecule has 0 spiro atoms. The minimum atomic E-state index is -0.0584. The van der Waals surface area contributed by atoms with Gasteiger partial charge in [0.2, 0.25) is 5.91 Å². The molecule has 0 radical (unpaired) electrons. The number of rotatable bonds is 1. The summed E-state index contributed by atoms with van der Waals surface area (Å²) in [5.41, 5.74) is 0.801. The van der Waals surface area contributed by atoms with Crippen molar-refractivity contribution >= 4 is 53.8 Å². The van der Waals surface area contributed by atoms with Crippen LogP contribution >= 0.6 is 12.6 Å². The Bertz CT molecular complexity index is 260. The maximum atomic E-state index is 10.6. The standard InChI is InChI=1S/C8H9NOS.Na.H/c1-6(10)9-7-2-4-8(11)5-3-7;;/h2-5,11H,1H3,(H,9,10);;. The third-order valence-electron chi connectivity index (χ3n) is 1.19. The first kappa shape index (κ1) is 12.0. The van der Waals surface area contributed by atoms with Crippen LogP contribution in [-0.4, -0.2) is 35.5 Å². The van der Waals surface area contributed by atoms with Gasteiger partial charge in [0.15, 0.2) is 0 Å². The predicted octanol–water partition coefficient (Wildman–Crippen LogP) is 1.29. The summed E-state index contributed by atoms with van der Waals surface area (Å²) in [5.74, 6) is -0.0584. The van der Waals surface area contributed by atoms with Crippen molar-refractivity contribution in [2.75, 3.05) is 5.32 Å². The Kier molecular flexibility index (Phi) is 5.66. The van der Waals surface area contributed by atoms with Crippen LogP contribution in [0.15, 0.2) is 29.2 Å². The summed E-state index contributed by atoms with van der Waals surface area (Å²) in [6.07, 6.45) is 0. The SMILES string of the molecule is CC(=O)Nc1ccc(S)cc1.[NaH]. The van der Waals surface area contributed by atoms with Gasteiger partial charge in [-0.25, -0.2) is 0 Å². The molecule has 1 aromatic carbocycles. The number of hydrogen-bond acceptors (Lipinski definition) is 2. The van der Waals surface area contributed by atoms with E-state index >= 15 is 0 Å². The van der Waals surface area contributed by atoms with Gasteiger partial charge in [0.1, 0.15) is 0 Å². The average molecular weight is 191 g/mol. The fourth-order valence-corrected chi connectivity index (χ4v) is 0.897. The molecule has 60 valence electrons. The summed E-state index contributed by atoms with van der Waals surface area (Å²) in [6.45, 7) is 1.48. The van der Waals surface area contributed by atoms with Gasteiger partial charge < -0.3 is 5.32 Å². The second-order valence-electron chi connectivity index (χ2n) is 2.23. The number of nitrogens with one attached hydrogen (secondary N) is 1. The van der Waals surface area contributed by atoms with Crippen molar-refractivity contribution in [2.45, 2.75) is 11.8 Å². The van der Waals surface area contributed by atoms with Crippen LogP contribution in [0.5, 0.6) is 0 Å². The molecule has 2 nitrogen and oxygen atoms in total. The number of carbonyl (C=O) groups excluding carboxylic acids is 1. The molecule has 1 rings (SSSR count). The second kappa shape index (κ2) is 5.65. The van der Waals surface area contributed by atoms with E-state index in [9.17, 15) is 4.79 Å². The number of hydrogen-bond donors (Lipinski definition) is 2. The van der Waals surface area contributed by atoms with Gasteiger partial charge in [0.25, 0.3) is 0 Å². The van der Waals surface area contributed by atoms with Gasteiger partial charge >= 0.3 is 29.6 Å². The Morgan fingerprint density at radius 3 is 2.25 bits per heavy atom. The molecule has 0 saturated heterocycles. The number of benzene rings is 1. The average Bonchev–Trinajstić information content (AvgIpc) is 1.93. The van der Waals surface area contributed by atoms with E-state index in [2.05, 4.69) is 17.9 Å². The van der Waals surface area contributed by atoms with Crippen molar-refractivity contribution in [3.05, 3.63) is 24.3 Å². The first-order valence-corrected chi connectivity index (χ1v) is 3.70. The van der Waals surface area contributed by atoms with Crippen molar-refractivity contribution in [3.8, 4) is 0 Å². The van der Waals surface area contributed by atoms with E-state index in [-0.39, 0.29) is 35.5 Å². The molecule has 1 amide bonds. The summed E-state index contributed by atoms with van der Waals surface area (Å²) >= 11 is 4.11. The Hall–Kier alpha value is 0.0400. The van der Waals surface area contributed by atoms with Gasteiger partial charge in [-0.15, -0.1) is 12.6 Å². The normalized spacial score (nSPS) is 8.50. The number of amides is 1. The third kappa shape index (κ3) is 4.16. The Balaban J connectivity index is 0.00000121. The van der Waals surface area contributed by atoms with Crippen LogP contribution in [0, 0.1) is 0 Å². The van der Waals surface area contributed by atoms with E-state index in [0.717, 1.165) is 10.6 Å². The van der Waals surface area contributed by atoms with Gasteiger partial charge in [0.05, 0.1) is 0 Å². The van der Waals surface area contributed by atoms with Crippen molar-refractivity contribution in [1.29, 1.82) is 0 Å². The molecule has 0 aliphatic rings. The molecule has 0 aliphatic heterocycles. The van der Waals surface area contributed by atoms with Crippen molar-refractivity contribution < 1.29 is 4.79 Å². The fourth-order valence-electron chi connectivity index (χ4n) is 0.748. The Morgan fingerprint density at radius 1 is 1.33 bits per heavy atom. The molecule has 0 saturated carbocycles. The topological polar surface area (TPSA) is 29.1 Å². The molecule has 0 bridgehead atoms. The Labute approximate surface area is 99.4 Å². The zero-order valence-corrected chi connectivity index (χ0v) is 7.06. The molecular formula is C8H10NNaOS. The molecule has 0 aromatic heterocycles. The zero-order chi connectivity index (χ0) is 8.27. The molecule has 0 fully saturated rings. The molecular weight excluding hydrogens is 181 g/mol. The van der Waals surface area contributed by atoms with Crippen LogP contribution in [0.1, 0.15) is 6.92 Å². The fraction of sp³-hybridized carbons (Fsp3) is 0.125. The van der Waals surface area contributed by atoms with E-state index in [0.29, 0.717) is 0 Å². The van der Waals surface area contributed by atoms with E-state index in [4.69, 9.17) is 0 Å². The van der Waals surface area contributed by atoms with Gasteiger partial charge in [-0.05, 0) is 24.3 Å². The predicted molar refractivity (Wildman–Crippen MR) is 55.1 cm³/mol. The molecule has 4 heteroatoms. The number of anilines is 1. The van der Waals surface area contributed by atoms with Crippen LogP contribution in [-0.2, 0) is 4.79 Å². The molecule has 0 aliphatic carbocycles. The van der Waals surface area contributed by atoms with Gasteiger partial charge in [-0.3, -0.25) is 4.79 Å². The van der Waals surface area contributed by atoms with Crippen LogP contribution in [0.3, 0.4) is 0 Å². The third-order valence-corrected chi connectivity index (χ3v) is 1.49. The second-order valence-corrected chi connectivity index (χ2v) is 2.74. The Morgan fingerprint density at radius 2 is 1.83 bits per heavy atom. The van der Waals surface area contributed by atoms with Gasteiger partial charge in [-0.2, -0.15) is 0 Å². The first-order valence-electron chi connectivity index (χ1n) is 3.25. The van der Waals surface area contributed by atoms with E-state index in [1.165, 1.54) is 6.92 Å². The van der Waals surface area contributed by atoms with Crippen molar-refractivity contribution in [2.24, 2.45) is 0 Å². The van der Waals surface area contributed by atoms with Crippen LogP contribution in [0.25, 0.3) is 0 Å². The van der Waals surface area contributed by atoms with E-state index < -0.39 is 0 Å². The summed E-state index contributed by atoms with van der Waals surface area (Å²) in [4.78, 5) is 11.5. The monoisotopic (exact) mass is 191 g/mol. The molecule has 1 aromatic rings. The number of carbonyl (C=O) groups is 1. The van der Waals surface area contributed by atoms with Crippen LogP contribution in [0.2, 0.25) is 0 Å². The summed E-state index contributed by atoms with van der Waals surface area (Å²) in [7, 11) is 0. The molecule has 0 heterocycles. The summed E-state index contributed by atoms with van der Waals surface area (Å²) < 4.78 is 0. The van der Waals surface area contributed by atoms with Crippen LogP contribution < -0.4 is 5.32 Å². The van der Waals surface area contributed by atoms with Crippen LogP contribution in [0.4, 0.5) is 5.69 Å². The van der Waals surface area contributed by atoms with E-state index in [1.54, 1.807) is 0 Å². The molecule has 0 unspecified atom stereocenters. The van der Waals surface area contributed by atoms with Crippen molar-refractivity contribution in [1.82, 2.24) is 0 Å². The summed E-state index contributed by atoms with van der Waals surface area (Å²) in [6, 6.07) is 7.27. The van der Waals surface area contributed by atoms with Gasteiger partial charge in [-0.1, -0.05) is 0 Å². The minimum absolute atomic E-state index is 0. The molecule has 12 heavy (non-hydrogen) atoms. The van der Waals surface area contributed by atoms with Gasteiger partial charge in [0, 0.05) is 17.5 Å². The number of thiol groups is 1. The maximum absolute atomic E-state index is 10.6.